The molecule has 0 unspecified atom stereocenters. The summed E-state index contributed by atoms with van der Waals surface area (Å²) in [7, 11) is -5.96. The Balaban J connectivity index is 0. The molecule has 2 aromatic carbocycles. The van der Waals surface area contributed by atoms with E-state index in [0.717, 1.165) is 33.9 Å². The van der Waals surface area contributed by atoms with Crippen LogP contribution in [0.1, 0.15) is 14.2 Å². The number of aryl methyl sites for hydroxylation is 2. The van der Waals surface area contributed by atoms with Crippen molar-refractivity contribution >= 4 is 115 Å². The summed E-state index contributed by atoms with van der Waals surface area (Å²) in [6, 6.07) is 18.7. The summed E-state index contributed by atoms with van der Waals surface area (Å²) in [6.07, 6.45) is 3.06. The Kier molecular flexibility index (Phi) is 28.4. The smallest absolute Gasteiger partial charge is 1.00 e. The number of benzene rings is 2. The van der Waals surface area contributed by atoms with E-state index in [1.165, 1.54) is 6.20 Å². The number of anilines is 3. The predicted octanol–water partition coefficient (Wildman–Crippen LogP) is 2.62. The Labute approximate surface area is 472 Å². The number of rotatable bonds is 7. The second kappa shape index (κ2) is 29.7. The second-order valence-electron chi connectivity index (χ2n) is 12.3. The van der Waals surface area contributed by atoms with Crippen molar-refractivity contribution in [1.82, 2.24) is 40.3 Å². The van der Waals surface area contributed by atoms with E-state index in [2.05, 4.69) is 82.4 Å². The van der Waals surface area contributed by atoms with Crippen molar-refractivity contribution in [2.45, 2.75) is 13.8 Å². The maximum atomic E-state index is 12.9. The molecule has 0 radical (unpaired) electrons. The number of nitrogens with zero attached hydrogens (tertiary/aromatic N) is 8. The molecule has 61 heavy (non-hydrogen) atoms. The molecule has 0 bridgehead atoms. The first kappa shape index (κ1) is 58.3. The van der Waals surface area contributed by atoms with Crippen LogP contribution < -0.4 is 130 Å². The topological polar surface area (TPSA) is 225 Å². The van der Waals surface area contributed by atoms with Gasteiger partial charge in [0.25, 0.3) is 6.47 Å². The zero-order valence-electron chi connectivity index (χ0n) is 36.1. The van der Waals surface area contributed by atoms with Crippen molar-refractivity contribution < 1.29 is 134 Å². The van der Waals surface area contributed by atoms with Crippen molar-refractivity contribution in [3.8, 4) is 22.5 Å². The number of nitrogens with one attached hydrogen (secondary N) is 1. The third-order valence-electron chi connectivity index (χ3n) is 7.05. The fraction of sp³-hybridized carbons (Fsp3) is 0.194. The summed E-state index contributed by atoms with van der Waals surface area (Å²) in [5.74, 6) is 0.502. The third-order valence-corrected chi connectivity index (χ3v) is 12.2. The van der Waals surface area contributed by atoms with E-state index in [-0.39, 0.29) is 121 Å². The predicted molar refractivity (Wildman–Crippen MR) is 240 cm³/mol. The monoisotopic (exact) mass is 1110 g/mol. The molecule has 0 atom stereocenters. The van der Waals surface area contributed by atoms with E-state index in [4.69, 9.17) is 52.0 Å². The van der Waals surface area contributed by atoms with E-state index in [9.17, 15) is 13.5 Å². The first-order valence-corrected chi connectivity index (χ1v) is 24.2. The molecule has 0 saturated heterocycles. The molecule has 316 valence electrons. The maximum absolute atomic E-state index is 12.9. The van der Waals surface area contributed by atoms with Crippen LogP contribution in [-0.2, 0) is 18.8 Å². The summed E-state index contributed by atoms with van der Waals surface area (Å²) in [6.45, 7) is 10.5. The fourth-order valence-corrected chi connectivity index (χ4v) is 7.63. The van der Waals surface area contributed by atoms with Gasteiger partial charge in [-0.2, -0.15) is 25.4 Å². The molecule has 0 fully saturated rings. The summed E-state index contributed by atoms with van der Waals surface area (Å²) in [5, 5.41) is 30.0. The molecular formula is C36H38Br2Cl3FK2N10O5P2. The Bertz CT molecular complexity index is 2460. The second-order valence-corrected chi connectivity index (χ2v) is 21.4. The van der Waals surface area contributed by atoms with Crippen LogP contribution in [0, 0.1) is 13.8 Å². The van der Waals surface area contributed by atoms with Crippen LogP contribution in [0.4, 0.5) is 21.6 Å². The van der Waals surface area contributed by atoms with Gasteiger partial charge in [-0.3, -0.25) is 9.18 Å². The average Bonchev–Trinajstić information content (AvgIpc) is 3.19. The van der Waals surface area contributed by atoms with Gasteiger partial charge in [-0.25, -0.2) is 15.0 Å². The largest absolute Gasteiger partial charge is 1.00 e. The minimum Gasteiger partial charge on any atom is -1.00 e. The van der Waals surface area contributed by atoms with Gasteiger partial charge in [0.1, 0.15) is 25.3 Å². The average molecular weight is 1120 g/mol. The number of hydrogen-bond acceptors (Lipinski definition) is 15. The number of hydrogen-bond donors (Lipinski definition) is 2. The molecule has 3 N–H and O–H groups in total. The molecule has 6 aromatic rings. The Morgan fingerprint density at radius 2 is 1.23 bits per heavy atom. The Morgan fingerprint density at radius 1 is 0.787 bits per heavy atom. The normalized spacial score (nSPS) is 10.3. The fourth-order valence-electron chi connectivity index (χ4n) is 4.40. The van der Waals surface area contributed by atoms with Crippen molar-refractivity contribution in [3.05, 3.63) is 109 Å². The number of nitrogen functional groups attached to an aromatic ring is 1. The third kappa shape index (κ3) is 21.0. The van der Waals surface area contributed by atoms with Crippen molar-refractivity contribution in [2.75, 3.05) is 44.9 Å². The molecular weight excluding hydrogens is 1080 g/mol. The molecule has 0 saturated carbocycles. The summed E-state index contributed by atoms with van der Waals surface area (Å²) in [5.41, 5.74) is 12.1. The molecule has 25 heteroatoms. The van der Waals surface area contributed by atoms with Gasteiger partial charge in [0.15, 0.2) is 0 Å². The van der Waals surface area contributed by atoms with E-state index < -0.39 is 21.4 Å². The number of carbonyl (C=O) groups is 1. The number of aromatic nitrogens is 8. The van der Waals surface area contributed by atoms with Crippen molar-refractivity contribution in [3.63, 3.8) is 0 Å². The zero-order chi connectivity index (χ0) is 45.2. The van der Waals surface area contributed by atoms with E-state index in [0.29, 0.717) is 41.9 Å². The number of nitrogens with two attached hydrogens (primary N) is 1. The standard InChI is InChI=1S/C17H16BrClN5OP.C13H16N3OP.C4HBrCl2N2.CH3F.CH2O3.2K.H/c1-10-4-6-13(24-23-10)11-5-7-14(15(8-11)26(2,3)25)21-16-12(18)9-20-17(19)22-16;1-9-4-7-12(16-15-9)10-5-6-11(14)13(8-10)18(2,3)17;5-2-1-8-4(7)9-3(2)6;1-2;2-1-4-3;;;/h4-9H,1-3H3,(H,20,21,22);4-8H,14H2,1-3H3;1H;1H3;1,3H;;;/q;;;;;2*+1;-1/p-1/i;;;1D;;;;. The number of carbonyl (C=O) groups excluding carboxylic acids is 1. The Hall–Kier alpha value is -0.717. The van der Waals surface area contributed by atoms with Crippen LogP contribution >= 0.6 is 80.9 Å². The van der Waals surface area contributed by atoms with Gasteiger partial charge in [0, 0.05) is 39.8 Å². The van der Waals surface area contributed by atoms with Crippen LogP contribution in [0.25, 0.3) is 22.5 Å². The van der Waals surface area contributed by atoms with Crippen LogP contribution in [0.3, 0.4) is 0 Å². The van der Waals surface area contributed by atoms with E-state index in [1.54, 1.807) is 38.9 Å². The van der Waals surface area contributed by atoms with Gasteiger partial charge in [0.2, 0.25) is 10.6 Å². The number of halogens is 6. The van der Waals surface area contributed by atoms with Crippen LogP contribution in [0.5, 0.6) is 0 Å². The van der Waals surface area contributed by atoms with Gasteiger partial charge in [0.05, 0.1) is 45.9 Å². The van der Waals surface area contributed by atoms with Gasteiger partial charge < -0.3 is 31.8 Å². The quantitative estimate of drug-likeness (QED) is 0.0343. The summed E-state index contributed by atoms with van der Waals surface area (Å²) >= 11 is 23.3. The van der Waals surface area contributed by atoms with Gasteiger partial charge >= 0.3 is 103 Å². The zero-order valence-corrected chi connectivity index (χ0v) is 47.5. The molecule has 0 spiro atoms. The molecule has 0 aliphatic carbocycles. The van der Waals surface area contributed by atoms with Crippen LogP contribution in [0.2, 0.25) is 15.7 Å². The molecule has 0 aliphatic rings. The Morgan fingerprint density at radius 3 is 1.64 bits per heavy atom. The van der Waals surface area contributed by atoms with E-state index in [1.807, 2.05) is 68.4 Å². The minimum atomic E-state index is -2.58. The first-order chi connectivity index (χ1) is 28.1. The molecule has 4 heterocycles. The SMILES string of the molecule is Cc1ccc(-c2ccc(N)c(P(C)(C)=O)c2)nn1.Cc1ccc(-c2ccc(Nc3nc(Cl)ncc3Br)c(P(C)(C)=O)c2)nn1.Clc1ncc(Br)c(Cl)n1.O=CO[O-].[2H]CF.[H-].[K+].[K+]. The van der Waals surface area contributed by atoms with Crippen molar-refractivity contribution in [1.29, 1.82) is 0 Å². The van der Waals surface area contributed by atoms with Crippen LogP contribution in [-0.4, -0.2) is 80.6 Å². The van der Waals surface area contributed by atoms with Gasteiger partial charge in [-0.1, -0.05) is 23.7 Å². The first-order valence-electron chi connectivity index (χ1n) is 17.0. The molecule has 0 amide bonds. The van der Waals surface area contributed by atoms with Crippen molar-refractivity contribution in [2.24, 2.45) is 0 Å². The summed E-state index contributed by atoms with van der Waals surface area (Å²) < 4.78 is 41.8. The molecule has 4 aromatic heterocycles. The van der Waals surface area contributed by atoms with Crippen LogP contribution in [0.15, 0.2) is 82.0 Å². The minimum absolute atomic E-state index is 0. The van der Waals surface area contributed by atoms with Gasteiger partial charge in [-0.05, 0) is 144 Å². The van der Waals surface area contributed by atoms with Gasteiger partial charge in [-0.15, -0.1) is 0 Å². The van der Waals surface area contributed by atoms with E-state index >= 15 is 0 Å². The number of alkyl halides is 1. The molecule has 0 aliphatic heterocycles. The maximum Gasteiger partial charge on any atom is 1.00 e. The summed E-state index contributed by atoms with van der Waals surface area (Å²) in [4.78, 5) is 26.6. The molecule has 15 nitrogen and oxygen atoms in total. The molecule has 6 rings (SSSR count).